The molecular weight excluding hydrogens is 464 g/mol. The van der Waals surface area contributed by atoms with Crippen LogP contribution in [0.5, 0.6) is 11.5 Å². The summed E-state index contributed by atoms with van der Waals surface area (Å²) in [6, 6.07) is 10.4. The Morgan fingerprint density at radius 3 is 2.19 bits per heavy atom. The summed E-state index contributed by atoms with van der Waals surface area (Å²) in [5.41, 5.74) is 1.16. The Morgan fingerprint density at radius 1 is 0.811 bits per heavy atom. The van der Waals surface area contributed by atoms with Gasteiger partial charge >= 0.3 is 0 Å². The van der Waals surface area contributed by atoms with Crippen molar-refractivity contribution in [3.05, 3.63) is 35.9 Å². The molecule has 0 radical (unpaired) electrons. The molecule has 0 N–H and O–H groups in total. The van der Waals surface area contributed by atoms with Crippen molar-refractivity contribution in [3.63, 3.8) is 0 Å². The molecule has 2 aliphatic heterocycles. The summed E-state index contributed by atoms with van der Waals surface area (Å²) < 4.78 is 29.2. The number of ether oxygens (including phenoxy) is 5. The second kappa shape index (κ2) is 15.5. The van der Waals surface area contributed by atoms with E-state index in [-0.39, 0.29) is 12.6 Å². The van der Waals surface area contributed by atoms with E-state index in [2.05, 4.69) is 41.9 Å². The maximum Gasteiger partial charge on any atom is 0.199 e. The van der Waals surface area contributed by atoms with E-state index in [0.29, 0.717) is 6.61 Å². The van der Waals surface area contributed by atoms with Crippen LogP contribution in [0.1, 0.15) is 76.2 Å². The molecule has 5 nitrogen and oxygen atoms in total. The summed E-state index contributed by atoms with van der Waals surface area (Å²) in [5, 5.41) is 2.14. The van der Waals surface area contributed by atoms with E-state index >= 15 is 0 Å². The van der Waals surface area contributed by atoms with Gasteiger partial charge in [0, 0.05) is 43.1 Å². The highest BCUT2D eigenvalue weighted by molar-refractivity contribution is 5.94. The van der Waals surface area contributed by atoms with Gasteiger partial charge in [-0.3, -0.25) is 0 Å². The van der Waals surface area contributed by atoms with Crippen molar-refractivity contribution in [3.8, 4) is 35.2 Å². The van der Waals surface area contributed by atoms with Crippen LogP contribution >= 0.6 is 0 Å². The highest BCUT2D eigenvalue weighted by atomic mass is 16.7. The molecule has 2 heterocycles. The van der Waals surface area contributed by atoms with E-state index in [1.807, 2.05) is 12.1 Å². The van der Waals surface area contributed by atoms with E-state index in [0.717, 1.165) is 112 Å². The molecule has 4 rings (SSSR count). The van der Waals surface area contributed by atoms with Crippen LogP contribution in [0.15, 0.2) is 30.3 Å². The van der Waals surface area contributed by atoms with Gasteiger partial charge in [0.15, 0.2) is 12.6 Å². The van der Waals surface area contributed by atoms with Gasteiger partial charge < -0.3 is 23.7 Å². The molecule has 198 valence electrons. The topological polar surface area (TPSA) is 46.2 Å². The van der Waals surface area contributed by atoms with Crippen LogP contribution in [-0.2, 0) is 20.6 Å². The van der Waals surface area contributed by atoms with Crippen LogP contribution in [0.4, 0.5) is 0 Å². The fourth-order valence-electron chi connectivity index (χ4n) is 4.73. The van der Waals surface area contributed by atoms with Gasteiger partial charge in [0.05, 0.1) is 13.7 Å². The summed E-state index contributed by atoms with van der Waals surface area (Å²) in [5.74, 6) is 14.7. The molecule has 2 aliphatic rings. The molecule has 0 aliphatic carbocycles. The van der Waals surface area contributed by atoms with Crippen LogP contribution in [0, 0.1) is 23.7 Å². The molecule has 5 heteroatoms. The first kappa shape index (κ1) is 27.3. The van der Waals surface area contributed by atoms with Crippen molar-refractivity contribution >= 4 is 10.8 Å². The lowest BCUT2D eigenvalue weighted by Crippen LogP contribution is -2.25. The summed E-state index contributed by atoms with van der Waals surface area (Å²) in [6.45, 7) is 2.02. The molecule has 37 heavy (non-hydrogen) atoms. The van der Waals surface area contributed by atoms with Gasteiger partial charge in [-0.25, -0.2) is 0 Å². The lowest BCUT2D eigenvalue weighted by molar-refractivity contribution is -0.154. The molecular formula is C32H40O5. The third-order valence-electron chi connectivity index (χ3n) is 6.72. The Bertz CT molecular complexity index is 1090. The quantitative estimate of drug-likeness (QED) is 0.263. The largest absolute Gasteiger partial charge is 0.496 e. The second-order valence-corrected chi connectivity index (χ2v) is 9.55. The molecule has 0 bridgehead atoms. The van der Waals surface area contributed by atoms with Gasteiger partial charge in [0.25, 0.3) is 0 Å². The van der Waals surface area contributed by atoms with Crippen LogP contribution in [0.25, 0.3) is 10.8 Å². The summed E-state index contributed by atoms with van der Waals surface area (Å²) in [4.78, 5) is 0. The lowest BCUT2D eigenvalue weighted by atomic mass is 10.00. The zero-order valence-corrected chi connectivity index (χ0v) is 22.2. The third kappa shape index (κ3) is 8.68. The predicted octanol–water partition coefficient (Wildman–Crippen LogP) is 6.80. The van der Waals surface area contributed by atoms with E-state index in [9.17, 15) is 0 Å². The van der Waals surface area contributed by atoms with Crippen LogP contribution in [0.2, 0.25) is 0 Å². The first-order valence-electron chi connectivity index (χ1n) is 13.9. The Morgan fingerprint density at radius 2 is 1.49 bits per heavy atom. The van der Waals surface area contributed by atoms with E-state index in [4.69, 9.17) is 23.7 Å². The van der Waals surface area contributed by atoms with Crippen molar-refractivity contribution in [1.29, 1.82) is 0 Å². The molecule has 2 saturated heterocycles. The number of aryl methyl sites for hydroxylation is 1. The highest BCUT2D eigenvalue weighted by Gasteiger charge is 2.20. The third-order valence-corrected chi connectivity index (χ3v) is 6.72. The molecule has 2 unspecified atom stereocenters. The maximum atomic E-state index is 6.44. The summed E-state index contributed by atoms with van der Waals surface area (Å²) in [7, 11) is 1.73. The number of unbranched alkanes of at least 4 members (excludes halogenated alkanes) is 3. The zero-order chi connectivity index (χ0) is 25.5. The lowest BCUT2D eigenvalue weighted by Gasteiger charge is -2.26. The molecule has 2 aromatic rings. The summed E-state index contributed by atoms with van der Waals surface area (Å²) >= 11 is 0. The average molecular weight is 505 g/mol. The zero-order valence-electron chi connectivity index (χ0n) is 22.2. The minimum Gasteiger partial charge on any atom is -0.496 e. The van der Waals surface area contributed by atoms with Crippen molar-refractivity contribution in [1.82, 2.24) is 0 Å². The SMILES string of the molecule is COc1cc(CCCC#CCCCC#CCOC2CCCCO2)c(OC2CCCCO2)c2ccccc12. The van der Waals surface area contributed by atoms with Crippen molar-refractivity contribution in [2.75, 3.05) is 26.9 Å². The smallest absolute Gasteiger partial charge is 0.199 e. The van der Waals surface area contributed by atoms with Crippen molar-refractivity contribution < 1.29 is 23.7 Å². The van der Waals surface area contributed by atoms with Gasteiger partial charge in [0.1, 0.15) is 18.1 Å². The number of rotatable bonds is 10. The predicted molar refractivity (Wildman–Crippen MR) is 147 cm³/mol. The van der Waals surface area contributed by atoms with Gasteiger partial charge in [-0.2, -0.15) is 0 Å². The van der Waals surface area contributed by atoms with E-state index in [1.165, 1.54) is 6.42 Å². The van der Waals surface area contributed by atoms with Crippen LogP contribution in [-0.4, -0.2) is 39.5 Å². The molecule has 2 atom stereocenters. The highest BCUT2D eigenvalue weighted by Crippen LogP contribution is 2.38. The number of hydrogen-bond acceptors (Lipinski definition) is 5. The fraction of sp³-hybridized carbons (Fsp3) is 0.562. The first-order chi connectivity index (χ1) is 18.3. The molecule has 0 spiro atoms. The van der Waals surface area contributed by atoms with Crippen molar-refractivity contribution in [2.24, 2.45) is 0 Å². The van der Waals surface area contributed by atoms with Crippen LogP contribution < -0.4 is 9.47 Å². The summed E-state index contributed by atoms with van der Waals surface area (Å²) in [6.07, 6.45) is 11.6. The second-order valence-electron chi connectivity index (χ2n) is 9.55. The van der Waals surface area contributed by atoms with Gasteiger partial charge in [-0.15, -0.1) is 17.8 Å². The molecule has 0 aromatic heterocycles. The van der Waals surface area contributed by atoms with Gasteiger partial charge in [0.2, 0.25) is 0 Å². The molecule has 0 amide bonds. The van der Waals surface area contributed by atoms with E-state index < -0.39 is 0 Å². The maximum absolute atomic E-state index is 6.44. The monoisotopic (exact) mass is 504 g/mol. The number of hydrogen-bond donors (Lipinski definition) is 0. The minimum absolute atomic E-state index is 0.0622. The fourth-order valence-corrected chi connectivity index (χ4v) is 4.73. The Labute approximate surface area is 222 Å². The molecule has 0 saturated carbocycles. The molecule has 2 fully saturated rings. The van der Waals surface area contributed by atoms with Gasteiger partial charge in [-0.1, -0.05) is 30.2 Å². The van der Waals surface area contributed by atoms with Crippen molar-refractivity contribution in [2.45, 2.75) is 89.6 Å². The number of fused-ring (bicyclic) bond motifs is 1. The number of methoxy groups -OCH3 is 1. The Hall–Kier alpha value is -2.70. The Kier molecular flexibility index (Phi) is 11.5. The molecule has 2 aromatic carbocycles. The Balaban J connectivity index is 1.23. The number of benzene rings is 2. The van der Waals surface area contributed by atoms with E-state index in [1.54, 1.807) is 7.11 Å². The van der Waals surface area contributed by atoms with Gasteiger partial charge in [-0.05, 0) is 63.0 Å². The minimum atomic E-state index is -0.181. The first-order valence-corrected chi connectivity index (χ1v) is 13.9. The average Bonchev–Trinajstić information content (AvgIpc) is 2.95. The normalized spacial score (nSPS) is 19.4. The van der Waals surface area contributed by atoms with Crippen LogP contribution in [0.3, 0.4) is 0 Å². The standard InChI is InChI=1S/C32H40O5/c1-33-29-25-26(32(28-19-11-10-18-27(28)29)37-31-21-13-16-24-36-31)17-9-7-5-3-2-4-6-8-14-22-34-30-20-12-15-23-35-30/h10-11,18-19,25,30-31H,2,4,6-7,9,12-13,15-17,20-24H2,1H3.